The van der Waals surface area contributed by atoms with E-state index in [2.05, 4.69) is 57.2 Å². The number of hydrogen-bond acceptors (Lipinski definition) is 6. The summed E-state index contributed by atoms with van der Waals surface area (Å²) in [5.74, 6) is -0.892. The first kappa shape index (κ1) is 53.6. The summed E-state index contributed by atoms with van der Waals surface area (Å²) in [4.78, 5) is 37.6. The normalized spacial score (nSPS) is 12.3. The first-order valence-corrected chi connectivity index (χ1v) is 24.0. The Labute approximate surface area is 346 Å². The van der Waals surface area contributed by atoms with Gasteiger partial charge in [0.25, 0.3) is 0 Å². The maximum Gasteiger partial charge on any atom is 0.306 e. The van der Waals surface area contributed by atoms with Gasteiger partial charge in [-0.1, -0.05) is 186 Å². The molecule has 0 N–H and O–H groups in total. The van der Waals surface area contributed by atoms with Gasteiger partial charge in [-0.05, 0) is 77.0 Å². The maximum absolute atomic E-state index is 12.7. The third kappa shape index (κ3) is 42.8. The van der Waals surface area contributed by atoms with Crippen molar-refractivity contribution in [3.8, 4) is 0 Å². The van der Waals surface area contributed by atoms with E-state index in [1.807, 2.05) is 0 Å². The first-order chi connectivity index (χ1) is 27.5. The van der Waals surface area contributed by atoms with Gasteiger partial charge in [0.2, 0.25) is 0 Å². The highest BCUT2D eigenvalue weighted by atomic mass is 16.6. The lowest BCUT2D eigenvalue weighted by Crippen LogP contribution is -2.30. The fourth-order valence-electron chi connectivity index (χ4n) is 6.70. The zero-order chi connectivity index (χ0) is 40.8. The van der Waals surface area contributed by atoms with E-state index in [1.165, 1.54) is 128 Å². The lowest BCUT2D eigenvalue weighted by atomic mass is 10.1. The predicted molar refractivity (Wildman–Crippen MR) is 238 cm³/mol. The largest absolute Gasteiger partial charge is 0.462 e. The van der Waals surface area contributed by atoms with Crippen molar-refractivity contribution in [1.82, 2.24) is 0 Å². The second-order valence-corrected chi connectivity index (χ2v) is 16.0. The standard InChI is InChI=1S/C50H90O6/c1-4-7-10-13-16-18-20-22-23-24-25-26-27-28-30-31-34-37-40-43-49(52)55-46-47(45-54-48(51)42-39-36-33-15-12-9-6-3)56-50(53)44-41-38-35-32-29-21-19-17-14-11-8-5-2/h16-19,22-23,47H,4-15,20-21,24-46H2,1-3H3/b18-16-,19-17-,23-22-. The van der Waals surface area contributed by atoms with Gasteiger partial charge in [-0.25, -0.2) is 0 Å². The van der Waals surface area contributed by atoms with Crippen LogP contribution in [0.4, 0.5) is 0 Å². The van der Waals surface area contributed by atoms with Crippen LogP contribution in [0.1, 0.15) is 245 Å². The van der Waals surface area contributed by atoms with Crippen LogP contribution in [0.2, 0.25) is 0 Å². The van der Waals surface area contributed by atoms with Gasteiger partial charge in [-0.15, -0.1) is 0 Å². The summed E-state index contributed by atoms with van der Waals surface area (Å²) in [6.45, 7) is 6.54. The molecule has 0 aliphatic carbocycles. The first-order valence-electron chi connectivity index (χ1n) is 24.0. The Bertz CT molecular complexity index is 953. The van der Waals surface area contributed by atoms with E-state index >= 15 is 0 Å². The second-order valence-electron chi connectivity index (χ2n) is 16.0. The molecular weight excluding hydrogens is 697 g/mol. The molecule has 0 aliphatic rings. The summed E-state index contributed by atoms with van der Waals surface area (Å²) < 4.78 is 16.7. The van der Waals surface area contributed by atoms with E-state index < -0.39 is 6.10 Å². The van der Waals surface area contributed by atoms with Crippen molar-refractivity contribution in [2.75, 3.05) is 13.2 Å². The molecule has 0 heterocycles. The Kier molecular flexibility index (Phi) is 43.4. The average Bonchev–Trinajstić information content (AvgIpc) is 3.19. The fourth-order valence-corrected chi connectivity index (χ4v) is 6.70. The van der Waals surface area contributed by atoms with E-state index in [1.54, 1.807) is 0 Å². The minimum absolute atomic E-state index is 0.0755. The summed E-state index contributed by atoms with van der Waals surface area (Å²) in [6.07, 6.45) is 51.4. The number of allylic oxidation sites excluding steroid dienone is 6. The number of rotatable bonds is 43. The summed E-state index contributed by atoms with van der Waals surface area (Å²) in [5.41, 5.74) is 0. The van der Waals surface area contributed by atoms with Crippen molar-refractivity contribution in [2.45, 2.75) is 252 Å². The van der Waals surface area contributed by atoms with Gasteiger partial charge in [0, 0.05) is 19.3 Å². The van der Waals surface area contributed by atoms with Crippen molar-refractivity contribution in [2.24, 2.45) is 0 Å². The molecule has 326 valence electrons. The summed E-state index contributed by atoms with van der Waals surface area (Å²) in [6, 6.07) is 0. The van der Waals surface area contributed by atoms with Crippen LogP contribution < -0.4 is 0 Å². The van der Waals surface area contributed by atoms with Crippen LogP contribution in [0.25, 0.3) is 0 Å². The average molecular weight is 787 g/mol. The summed E-state index contributed by atoms with van der Waals surface area (Å²) in [7, 11) is 0. The van der Waals surface area contributed by atoms with Crippen LogP contribution in [0.5, 0.6) is 0 Å². The Morgan fingerprint density at radius 1 is 0.357 bits per heavy atom. The minimum Gasteiger partial charge on any atom is -0.462 e. The Morgan fingerprint density at radius 2 is 0.643 bits per heavy atom. The van der Waals surface area contributed by atoms with Crippen molar-refractivity contribution in [1.29, 1.82) is 0 Å². The van der Waals surface area contributed by atoms with Crippen molar-refractivity contribution < 1.29 is 28.6 Å². The van der Waals surface area contributed by atoms with Crippen LogP contribution in [-0.2, 0) is 28.6 Å². The fraction of sp³-hybridized carbons (Fsp3) is 0.820. The number of esters is 3. The molecule has 1 unspecified atom stereocenters. The Hall–Kier alpha value is -2.37. The van der Waals surface area contributed by atoms with E-state index in [4.69, 9.17) is 14.2 Å². The predicted octanol–water partition coefficient (Wildman–Crippen LogP) is 15.4. The number of carbonyl (C=O) groups excluding carboxylic acids is 3. The number of hydrogen-bond donors (Lipinski definition) is 0. The lowest BCUT2D eigenvalue weighted by Gasteiger charge is -2.18. The van der Waals surface area contributed by atoms with E-state index in [9.17, 15) is 14.4 Å². The van der Waals surface area contributed by atoms with Gasteiger partial charge in [0.05, 0.1) is 0 Å². The molecule has 0 aromatic rings. The van der Waals surface area contributed by atoms with Gasteiger partial charge in [0.15, 0.2) is 6.10 Å². The second kappa shape index (κ2) is 45.3. The van der Waals surface area contributed by atoms with Crippen LogP contribution in [0.3, 0.4) is 0 Å². The molecule has 6 nitrogen and oxygen atoms in total. The molecule has 1 atom stereocenters. The van der Waals surface area contributed by atoms with Gasteiger partial charge in [0.1, 0.15) is 13.2 Å². The highest BCUT2D eigenvalue weighted by molar-refractivity contribution is 5.71. The zero-order valence-corrected chi connectivity index (χ0v) is 37.2. The number of ether oxygens (including phenoxy) is 3. The molecule has 0 aliphatic heterocycles. The third-order valence-electron chi connectivity index (χ3n) is 10.4. The molecule has 0 spiro atoms. The molecule has 0 rings (SSSR count). The monoisotopic (exact) mass is 787 g/mol. The van der Waals surface area contributed by atoms with Crippen LogP contribution >= 0.6 is 0 Å². The topological polar surface area (TPSA) is 78.9 Å². The van der Waals surface area contributed by atoms with Crippen molar-refractivity contribution in [3.63, 3.8) is 0 Å². The number of carbonyl (C=O) groups is 3. The molecule has 0 saturated heterocycles. The Balaban J connectivity index is 4.24. The molecule has 0 aromatic heterocycles. The summed E-state index contributed by atoms with van der Waals surface area (Å²) >= 11 is 0. The van der Waals surface area contributed by atoms with Crippen molar-refractivity contribution in [3.05, 3.63) is 36.5 Å². The zero-order valence-electron chi connectivity index (χ0n) is 37.2. The molecule has 0 saturated carbocycles. The third-order valence-corrected chi connectivity index (χ3v) is 10.4. The van der Waals surface area contributed by atoms with E-state index in [0.717, 1.165) is 77.0 Å². The van der Waals surface area contributed by atoms with Gasteiger partial charge in [-0.2, -0.15) is 0 Å². The van der Waals surface area contributed by atoms with Crippen LogP contribution in [-0.4, -0.2) is 37.2 Å². The van der Waals surface area contributed by atoms with Crippen LogP contribution in [0, 0.1) is 0 Å². The molecule has 0 fully saturated rings. The Morgan fingerprint density at radius 3 is 1.04 bits per heavy atom. The molecule has 6 heteroatoms. The van der Waals surface area contributed by atoms with Gasteiger partial charge >= 0.3 is 17.9 Å². The molecule has 56 heavy (non-hydrogen) atoms. The highest BCUT2D eigenvalue weighted by Gasteiger charge is 2.19. The van der Waals surface area contributed by atoms with Gasteiger partial charge in [-0.3, -0.25) is 14.4 Å². The molecule has 0 bridgehead atoms. The molecule has 0 amide bonds. The minimum atomic E-state index is -0.771. The van der Waals surface area contributed by atoms with Gasteiger partial charge < -0.3 is 14.2 Å². The van der Waals surface area contributed by atoms with Crippen LogP contribution in [0.15, 0.2) is 36.5 Å². The van der Waals surface area contributed by atoms with E-state index in [0.29, 0.717) is 19.3 Å². The highest BCUT2D eigenvalue weighted by Crippen LogP contribution is 2.14. The SMILES string of the molecule is CCCCC/C=C\C/C=C\CCCCCCCCCCCC(=O)OCC(COC(=O)CCCCCCCCC)OC(=O)CCCCCCC/C=C\CCCCC. The number of unbranched alkanes of at least 4 members (excludes halogenated alkanes) is 26. The smallest absolute Gasteiger partial charge is 0.306 e. The maximum atomic E-state index is 12.7. The molecule has 0 radical (unpaired) electrons. The molecule has 0 aromatic carbocycles. The quantitative estimate of drug-likeness (QED) is 0.0265. The summed E-state index contributed by atoms with van der Waals surface area (Å²) in [5, 5.41) is 0. The van der Waals surface area contributed by atoms with E-state index in [-0.39, 0.29) is 31.1 Å². The lowest BCUT2D eigenvalue weighted by molar-refractivity contribution is -0.167. The molecular formula is C50H90O6. The van der Waals surface area contributed by atoms with Crippen molar-refractivity contribution >= 4 is 17.9 Å².